The van der Waals surface area contributed by atoms with E-state index in [-0.39, 0.29) is 17.9 Å². The minimum atomic E-state index is -0.174. The second-order valence-corrected chi connectivity index (χ2v) is 6.95. The minimum Gasteiger partial charge on any atom is -0.396 e. The van der Waals surface area contributed by atoms with Crippen LogP contribution in [0.4, 0.5) is 0 Å². The number of hydrogen-bond acceptors (Lipinski definition) is 3. The second-order valence-electron chi connectivity index (χ2n) is 5.81. The lowest BCUT2D eigenvalue weighted by molar-refractivity contribution is 0.0854. The lowest BCUT2D eigenvalue weighted by Gasteiger charge is -2.29. The largest absolute Gasteiger partial charge is 0.396 e. The van der Waals surface area contributed by atoms with Crippen molar-refractivity contribution in [2.45, 2.75) is 52.4 Å². The normalized spacial score (nSPS) is 14.9. The summed E-state index contributed by atoms with van der Waals surface area (Å²) in [6.07, 6.45) is 6.47. The van der Waals surface area contributed by atoms with Gasteiger partial charge in [-0.3, -0.25) is 4.79 Å². The van der Waals surface area contributed by atoms with Crippen LogP contribution < -0.4 is 5.32 Å². The van der Waals surface area contributed by atoms with Crippen LogP contribution in [-0.4, -0.2) is 24.2 Å². The summed E-state index contributed by atoms with van der Waals surface area (Å²) in [5.74, 6) is 0.0177. The number of carbonyl (C=O) groups is 1. The molecule has 1 heterocycles. The molecule has 4 heteroatoms. The number of hydrogen-bond donors (Lipinski definition) is 2. The van der Waals surface area contributed by atoms with Crippen LogP contribution in [0.5, 0.6) is 0 Å². The standard InChI is InChI=1S/C16H25NO2S/c1-3-16(4-2,11-18)10-17-15(19)14-9-12-7-5-6-8-13(12)20-14/h9,18H,3-8,10-11H2,1-2H3,(H,17,19). The van der Waals surface area contributed by atoms with Crippen molar-refractivity contribution in [3.05, 3.63) is 21.4 Å². The number of rotatable bonds is 6. The van der Waals surface area contributed by atoms with E-state index in [4.69, 9.17) is 0 Å². The van der Waals surface area contributed by atoms with Crippen LogP contribution in [0.2, 0.25) is 0 Å². The van der Waals surface area contributed by atoms with Gasteiger partial charge in [0, 0.05) is 16.8 Å². The maximum Gasteiger partial charge on any atom is 0.261 e. The maximum atomic E-state index is 12.3. The summed E-state index contributed by atoms with van der Waals surface area (Å²) in [4.78, 5) is 14.5. The first-order valence-corrected chi connectivity index (χ1v) is 8.46. The number of nitrogens with one attached hydrogen (secondary N) is 1. The molecule has 20 heavy (non-hydrogen) atoms. The van der Waals surface area contributed by atoms with Gasteiger partial charge >= 0.3 is 0 Å². The Morgan fingerprint density at radius 2 is 2.05 bits per heavy atom. The molecule has 0 unspecified atom stereocenters. The number of thiophene rings is 1. The molecule has 112 valence electrons. The van der Waals surface area contributed by atoms with E-state index in [2.05, 4.69) is 25.2 Å². The molecular formula is C16H25NO2S. The van der Waals surface area contributed by atoms with Crippen molar-refractivity contribution in [2.24, 2.45) is 5.41 Å². The Morgan fingerprint density at radius 1 is 1.35 bits per heavy atom. The van der Waals surface area contributed by atoms with Gasteiger partial charge in [-0.15, -0.1) is 11.3 Å². The van der Waals surface area contributed by atoms with Gasteiger partial charge in [-0.1, -0.05) is 13.8 Å². The molecule has 0 aromatic carbocycles. The summed E-state index contributed by atoms with van der Waals surface area (Å²) in [5, 5.41) is 12.6. The minimum absolute atomic E-state index is 0.0177. The van der Waals surface area contributed by atoms with E-state index in [0.29, 0.717) is 6.54 Å². The summed E-state index contributed by atoms with van der Waals surface area (Å²) in [5.41, 5.74) is 1.19. The zero-order valence-electron chi connectivity index (χ0n) is 12.5. The SMILES string of the molecule is CCC(CC)(CO)CNC(=O)c1cc2c(s1)CCCC2. The Morgan fingerprint density at radius 3 is 2.65 bits per heavy atom. The number of carbonyl (C=O) groups excluding carboxylic acids is 1. The molecule has 0 atom stereocenters. The lowest BCUT2D eigenvalue weighted by atomic mass is 9.83. The van der Waals surface area contributed by atoms with Crippen molar-refractivity contribution in [2.75, 3.05) is 13.2 Å². The van der Waals surface area contributed by atoms with Crippen LogP contribution >= 0.6 is 11.3 Å². The molecule has 0 fully saturated rings. The van der Waals surface area contributed by atoms with Crippen LogP contribution in [0.3, 0.4) is 0 Å². The summed E-state index contributed by atoms with van der Waals surface area (Å²) < 4.78 is 0. The fraction of sp³-hybridized carbons (Fsp3) is 0.688. The Labute approximate surface area is 125 Å². The van der Waals surface area contributed by atoms with Crippen LogP contribution in [0.1, 0.15) is 59.6 Å². The zero-order valence-corrected chi connectivity index (χ0v) is 13.3. The molecular weight excluding hydrogens is 270 g/mol. The number of amides is 1. The molecule has 0 radical (unpaired) electrons. The third-order valence-corrected chi connectivity index (χ3v) is 5.92. The lowest BCUT2D eigenvalue weighted by Crippen LogP contribution is -2.39. The molecule has 1 amide bonds. The number of aliphatic hydroxyl groups is 1. The van der Waals surface area contributed by atoms with Crippen LogP contribution in [0, 0.1) is 5.41 Å². The van der Waals surface area contributed by atoms with Gasteiger partial charge in [0.25, 0.3) is 5.91 Å². The van der Waals surface area contributed by atoms with Gasteiger partial charge < -0.3 is 10.4 Å². The molecule has 0 bridgehead atoms. The van der Waals surface area contributed by atoms with Gasteiger partial charge in [-0.05, 0) is 50.2 Å². The second kappa shape index (κ2) is 6.72. The first-order valence-electron chi connectivity index (χ1n) is 7.65. The molecule has 1 aliphatic carbocycles. The number of aryl methyl sites for hydroxylation is 2. The van der Waals surface area contributed by atoms with Crippen molar-refractivity contribution in [3.8, 4) is 0 Å². The summed E-state index contributed by atoms with van der Waals surface area (Å²) in [6, 6.07) is 2.06. The molecule has 2 rings (SSSR count). The van der Waals surface area contributed by atoms with Gasteiger partial charge in [0.1, 0.15) is 0 Å². The predicted octanol–water partition coefficient (Wildman–Crippen LogP) is 3.16. The van der Waals surface area contributed by atoms with E-state index < -0.39 is 0 Å². The number of aliphatic hydroxyl groups excluding tert-OH is 1. The van der Waals surface area contributed by atoms with Gasteiger partial charge in [0.15, 0.2) is 0 Å². The topological polar surface area (TPSA) is 49.3 Å². The number of fused-ring (bicyclic) bond motifs is 1. The highest BCUT2D eigenvalue weighted by Crippen LogP contribution is 2.30. The zero-order chi connectivity index (χ0) is 14.6. The Hall–Kier alpha value is -0.870. The van der Waals surface area contributed by atoms with Gasteiger partial charge in [-0.25, -0.2) is 0 Å². The first kappa shape index (κ1) is 15.5. The van der Waals surface area contributed by atoms with Crippen molar-refractivity contribution in [3.63, 3.8) is 0 Å². The third-order valence-electron chi connectivity index (χ3n) is 4.68. The van der Waals surface area contributed by atoms with Crippen molar-refractivity contribution < 1.29 is 9.90 Å². The monoisotopic (exact) mass is 295 g/mol. The van der Waals surface area contributed by atoms with E-state index in [1.165, 1.54) is 23.3 Å². The molecule has 1 aromatic heterocycles. The fourth-order valence-corrected chi connectivity index (χ4v) is 3.91. The highest BCUT2D eigenvalue weighted by molar-refractivity contribution is 7.14. The highest BCUT2D eigenvalue weighted by atomic mass is 32.1. The quantitative estimate of drug-likeness (QED) is 0.847. The van der Waals surface area contributed by atoms with E-state index in [0.717, 1.165) is 30.6 Å². The molecule has 0 saturated heterocycles. The van der Waals surface area contributed by atoms with Crippen molar-refractivity contribution in [1.29, 1.82) is 0 Å². The van der Waals surface area contributed by atoms with E-state index >= 15 is 0 Å². The summed E-state index contributed by atoms with van der Waals surface area (Å²) in [7, 11) is 0. The maximum absolute atomic E-state index is 12.3. The molecule has 1 aromatic rings. The fourth-order valence-electron chi connectivity index (χ4n) is 2.74. The third kappa shape index (κ3) is 3.23. The Bertz CT molecular complexity index is 431. The first-order chi connectivity index (χ1) is 9.64. The Balaban J connectivity index is 1.99. The van der Waals surface area contributed by atoms with E-state index in [9.17, 15) is 9.90 Å². The molecule has 1 aliphatic rings. The average Bonchev–Trinajstić information content (AvgIpc) is 2.93. The molecule has 0 spiro atoms. The van der Waals surface area contributed by atoms with Crippen LogP contribution in [-0.2, 0) is 12.8 Å². The Kier molecular flexibility index (Phi) is 5.22. The molecule has 3 nitrogen and oxygen atoms in total. The smallest absolute Gasteiger partial charge is 0.261 e. The van der Waals surface area contributed by atoms with Gasteiger partial charge in [0.2, 0.25) is 0 Å². The molecule has 0 aliphatic heterocycles. The van der Waals surface area contributed by atoms with Crippen LogP contribution in [0.15, 0.2) is 6.07 Å². The van der Waals surface area contributed by atoms with E-state index in [1.54, 1.807) is 11.3 Å². The average molecular weight is 295 g/mol. The molecule has 0 saturated carbocycles. The van der Waals surface area contributed by atoms with Crippen LogP contribution in [0.25, 0.3) is 0 Å². The predicted molar refractivity (Wildman–Crippen MR) is 83.4 cm³/mol. The molecule has 2 N–H and O–H groups in total. The van der Waals surface area contributed by atoms with Gasteiger partial charge in [0.05, 0.1) is 11.5 Å². The summed E-state index contributed by atoms with van der Waals surface area (Å²) in [6.45, 7) is 4.81. The van der Waals surface area contributed by atoms with Crippen molar-refractivity contribution >= 4 is 17.2 Å². The van der Waals surface area contributed by atoms with Crippen molar-refractivity contribution in [1.82, 2.24) is 5.32 Å². The highest BCUT2D eigenvalue weighted by Gasteiger charge is 2.26. The van der Waals surface area contributed by atoms with E-state index in [1.807, 2.05) is 0 Å². The summed E-state index contributed by atoms with van der Waals surface area (Å²) >= 11 is 1.64. The van der Waals surface area contributed by atoms with Gasteiger partial charge in [-0.2, -0.15) is 0 Å².